The molecule has 4 heteroatoms. The summed E-state index contributed by atoms with van der Waals surface area (Å²) in [5.41, 5.74) is -0.621. The van der Waals surface area contributed by atoms with Crippen LogP contribution in [0.3, 0.4) is 0 Å². The lowest BCUT2D eigenvalue weighted by Gasteiger charge is -2.28. The van der Waals surface area contributed by atoms with Crippen LogP contribution in [-0.4, -0.2) is 29.7 Å². The summed E-state index contributed by atoms with van der Waals surface area (Å²) in [5.74, 6) is 0. The Morgan fingerprint density at radius 3 is 2.93 bits per heavy atom. The molecule has 0 unspecified atom stereocenters. The Morgan fingerprint density at radius 1 is 1.79 bits per heavy atom. The standard InChI is InChI=1S/C10H16BrNO2/c1-10(2,3)14-9(13)12-6-4-8(11)5-7-12/h4H,5-7H2,1-3H3/i4D,5D2. The number of halogens is 1. The largest absolute Gasteiger partial charge is 0.444 e. The lowest BCUT2D eigenvalue weighted by atomic mass is 10.2. The summed E-state index contributed by atoms with van der Waals surface area (Å²) in [7, 11) is 0. The summed E-state index contributed by atoms with van der Waals surface area (Å²) >= 11 is 3.05. The Kier molecular flexibility index (Phi) is 2.40. The van der Waals surface area contributed by atoms with Crippen LogP contribution in [0.1, 0.15) is 31.3 Å². The molecule has 0 aliphatic carbocycles. The predicted molar refractivity (Wildman–Crippen MR) is 59.4 cm³/mol. The first-order valence-corrected chi connectivity index (χ1v) is 5.16. The maximum Gasteiger partial charge on any atom is 0.410 e. The molecule has 0 saturated heterocycles. The minimum absolute atomic E-state index is 0.0621. The van der Waals surface area contributed by atoms with E-state index < -0.39 is 18.1 Å². The number of hydrogen-bond acceptors (Lipinski definition) is 2. The fourth-order valence-electron chi connectivity index (χ4n) is 0.904. The molecule has 1 heterocycles. The van der Waals surface area contributed by atoms with E-state index in [1.165, 1.54) is 4.90 Å². The molecule has 3 nitrogen and oxygen atoms in total. The Bertz CT molecular complexity index is 363. The number of carbonyl (C=O) groups is 1. The summed E-state index contributed by atoms with van der Waals surface area (Å²) in [6.07, 6.45) is -2.32. The van der Waals surface area contributed by atoms with Crippen molar-refractivity contribution in [3.8, 4) is 0 Å². The van der Waals surface area contributed by atoms with Crippen molar-refractivity contribution in [1.29, 1.82) is 0 Å². The average Bonchev–Trinajstić information content (AvgIpc) is 2.10. The molecule has 0 bridgehead atoms. The van der Waals surface area contributed by atoms with Crippen LogP contribution >= 0.6 is 15.9 Å². The number of ether oxygens (including phenoxy) is 1. The lowest BCUT2D eigenvalue weighted by Crippen LogP contribution is -2.38. The van der Waals surface area contributed by atoms with Crippen molar-refractivity contribution in [2.75, 3.05) is 13.1 Å². The molecule has 0 atom stereocenters. The number of hydrogen-bond donors (Lipinski definition) is 0. The molecule has 1 aliphatic heterocycles. The molecule has 14 heavy (non-hydrogen) atoms. The molecule has 0 fully saturated rings. The van der Waals surface area contributed by atoms with E-state index in [2.05, 4.69) is 15.9 Å². The topological polar surface area (TPSA) is 29.5 Å². The molecule has 1 amide bonds. The van der Waals surface area contributed by atoms with E-state index in [-0.39, 0.29) is 23.6 Å². The van der Waals surface area contributed by atoms with Crippen molar-refractivity contribution in [2.24, 2.45) is 0 Å². The third-order valence-electron chi connectivity index (χ3n) is 1.50. The van der Waals surface area contributed by atoms with Gasteiger partial charge in [0.2, 0.25) is 0 Å². The molecule has 0 aromatic carbocycles. The highest BCUT2D eigenvalue weighted by Crippen LogP contribution is 2.18. The van der Waals surface area contributed by atoms with Crippen molar-refractivity contribution in [3.63, 3.8) is 0 Å². The predicted octanol–water partition coefficient (Wildman–Crippen LogP) is 2.91. The van der Waals surface area contributed by atoms with Crippen LogP contribution in [0.15, 0.2) is 10.5 Å². The Balaban J connectivity index is 2.81. The van der Waals surface area contributed by atoms with Gasteiger partial charge >= 0.3 is 6.09 Å². The van der Waals surface area contributed by atoms with Gasteiger partial charge in [0.15, 0.2) is 0 Å². The van der Waals surface area contributed by atoms with E-state index in [9.17, 15) is 4.79 Å². The third-order valence-corrected chi connectivity index (χ3v) is 2.06. The van der Waals surface area contributed by atoms with Gasteiger partial charge < -0.3 is 9.64 Å². The number of amides is 1. The second-order valence-electron chi connectivity index (χ2n) is 4.00. The first kappa shape index (κ1) is 7.74. The maximum atomic E-state index is 11.8. The second-order valence-corrected chi connectivity index (χ2v) is 4.80. The molecule has 0 aromatic rings. The van der Waals surface area contributed by atoms with Gasteiger partial charge in [0.05, 0.1) is 1.37 Å². The van der Waals surface area contributed by atoms with Crippen molar-refractivity contribution in [3.05, 3.63) is 10.5 Å². The normalized spacial score (nSPS) is 25.1. The van der Waals surface area contributed by atoms with Gasteiger partial charge in [-0.15, -0.1) is 0 Å². The van der Waals surface area contributed by atoms with E-state index in [0.717, 1.165) is 0 Å². The molecule has 0 aromatic heterocycles. The molecule has 1 aliphatic rings. The van der Waals surface area contributed by atoms with Crippen LogP contribution in [0.4, 0.5) is 4.79 Å². The average molecular weight is 265 g/mol. The van der Waals surface area contributed by atoms with Gasteiger partial charge in [-0.25, -0.2) is 4.79 Å². The van der Waals surface area contributed by atoms with Gasteiger partial charge in [-0.3, -0.25) is 0 Å². The van der Waals surface area contributed by atoms with Gasteiger partial charge in [-0.2, -0.15) is 0 Å². The highest BCUT2D eigenvalue weighted by Gasteiger charge is 2.22. The first-order valence-electron chi connectivity index (χ1n) is 5.86. The first-order chi connectivity index (χ1) is 7.53. The quantitative estimate of drug-likeness (QED) is 0.674. The monoisotopic (exact) mass is 264 g/mol. The van der Waals surface area contributed by atoms with Gasteiger partial charge in [0.25, 0.3) is 0 Å². The molecular formula is C10H16BrNO2. The summed E-state index contributed by atoms with van der Waals surface area (Å²) in [6, 6.07) is 0.0621. The van der Waals surface area contributed by atoms with E-state index in [1.807, 2.05) is 0 Å². The van der Waals surface area contributed by atoms with Crippen LogP contribution in [0, 0.1) is 0 Å². The SMILES string of the molecule is [2H]C1=C(Br)C([2H])([2H])CN(C(=O)OC(C)(C)C)C1. The number of carbonyl (C=O) groups excluding carboxylic acids is 1. The number of nitrogens with zero attached hydrogens (tertiary/aromatic N) is 1. The molecule has 0 saturated carbocycles. The van der Waals surface area contributed by atoms with Gasteiger partial charge in [0.1, 0.15) is 5.60 Å². The zero-order chi connectivity index (χ0) is 13.4. The zero-order valence-corrected chi connectivity index (χ0v) is 10.1. The van der Waals surface area contributed by atoms with Crippen molar-refractivity contribution in [2.45, 2.75) is 32.7 Å². The minimum Gasteiger partial charge on any atom is -0.444 e. The summed E-state index contributed by atoms with van der Waals surface area (Å²) < 4.78 is 28.4. The summed E-state index contributed by atoms with van der Waals surface area (Å²) in [5, 5.41) is 0. The smallest absolute Gasteiger partial charge is 0.410 e. The van der Waals surface area contributed by atoms with Crippen molar-refractivity contribution < 1.29 is 13.6 Å². The fraction of sp³-hybridized carbons (Fsp3) is 0.700. The van der Waals surface area contributed by atoms with Crippen LogP contribution in [0.5, 0.6) is 0 Å². The Morgan fingerprint density at radius 2 is 2.43 bits per heavy atom. The number of rotatable bonds is 0. The lowest BCUT2D eigenvalue weighted by molar-refractivity contribution is 0.0268. The van der Waals surface area contributed by atoms with E-state index in [1.54, 1.807) is 20.8 Å². The van der Waals surface area contributed by atoms with E-state index >= 15 is 0 Å². The molecule has 80 valence electrons. The van der Waals surface area contributed by atoms with Crippen LogP contribution in [-0.2, 0) is 4.74 Å². The fourth-order valence-corrected chi connectivity index (χ4v) is 1.15. The Labute approximate surface area is 97.4 Å². The van der Waals surface area contributed by atoms with Crippen LogP contribution in [0.25, 0.3) is 0 Å². The second kappa shape index (κ2) is 4.34. The highest BCUT2D eigenvalue weighted by atomic mass is 79.9. The van der Waals surface area contributed by atoms with Crippen LogP contribution in [0.2, 0.25) is 0 Å². The molecular weight excluding hydrogens is 246 g/mol. The summed E-state index contributed by atoms with van der Waals surface area (Å²) in [6.45, 7) is 5.20. The van der Waals surface area contributed by atoms with Crippen LogP contribution < -0.4 is 0 Å². The van der Waals surface area contributed by atoms with Gasteiger partial charge in [-0.1, -0.05) is 22.0 Å². The zero-order valence-electron chi connectivity index (χ0n) is 11.6. The van der Waals surface area contributed by atoms with Crippen molar-refractivity contribution >= 4 is 22.0 Å². The molecule has 0 spiro atoms. The van der Waals surface area contributed by atoms with E-state index in [0.29, 0.717) is 0 Å². The molecule has 0 N–H and O–H groups in total. The third kappa shape index (κ3) is 3.70. The van der Waals surface area contributed by atoms with E-state index in [4.69, 9.17) is 8.85 Å². The van der Waals surface area contributed by atoms with Gasteiger partial charge in [0, 0.05) is 15.8 Å². The highest BCUT2D eigenvalue weighted by molar-refractivity contribution is 9.11. The maximum absolute atomic E-state index is 11.8. The van der Waals surface area contributed by atoms with Crippen molar-refractivity contribution in [1.82, 2.24) is 4.90 Å². The van der Waals surface area contributed by atoms with Gasteiger partial charge in [-0.05, 0) is 31.6 Å². The summed E-state index contributed by atoms with van der Waals surface area (Å²) in [4.78, 5) is 13.0. The molecule has 0 radical (unpaired) electrons. The molecule has 1 rings (SSSR count). The minimum atomic E-state index is -1.73. The Hall–Kier alpha value is -0.510.